The second-order valence-electron chi connectivity index (χ2n) is 12.5. The highest BCUT2D eigenvalue weighted by atomic mass is 35.5. The van der Waals surface area contributed by atoms with Crippen LogP contribution in [0.15, 0.2) is 55.1 Å². The minimum atomic E-state index is -0.487. The Morgan fingerprint density at radius 2 is 1.89 bits per heavy atom. The van der Waals surface area contributed by atoms with Crippen molar-refractivity contribution in [3.63, 3.8) is 0 Å². The third kappa shape index (κ3) is 5.48. The van der Waals surface area contributed by atoms with Crippen molar-refractivity contribution in [3.8, 4) is 17.3 Å². The Morgan fingerprint density at radius 3 is 2.61 bits per heavy atom. The summed E-state index contributed by atoms with van der Waals surface area (Å²) in [5.41, 5.74) is 1.25. The summed E-state index contributed by atoms with van der Waals surface area (Å²) in [6.07, 6.45) is 6.09. The first-order chi connectivity index (χ1) is 21.3. The fourth-order valence-corrected chi connectivity index (χ4v) is 7.00. The van der Waals surface area contributed by atoms with E-state index in [1.807, 2.05) is 37.3 Å². The van der Waals surface area contributed by atoms with Crippen molar-refractivity contribution >= 4 is 45.1 Å². The van der Waals surface area contributed by atoms with Gasteiger partial charge in [-0.15, -0.1) is 0 Å². The lowest BCUT2D eigenvalue weighted by Crippen LogP contribution is -2.53. The van der Waals surface area contributed by atoms with E-state index in [9.17, 15) is 4.79 Å². The molecule has 1 aliphatic carbocycles. The van der Waals surface area contributed by atoms with Crippen LogP contribution in [0.1, 0.15) is 32.6 Å². The van der Waals surface area contributed by atoms with E-state index in [2.05, 4.69) is 16.4 Å². The summed E-state index contributed by atoms with van der Waals surface area (Å²) < 4.78 is 22.4. The van der Waals surface area contributed by atoms with Crippen molar-refractivity contribution in [2.24, 2.45) is 5.41 Å². The van der Waals surface area contributed by atoms with Crippen LogP contribution in [0.5, 0.6) is 6.01 Å². The van der Waals surface area contributed by atoms with Crippen LogP contribution in [0.4, 0.5) is 10.2 Å². The van der Waals surface area contributed by atoms with Gasteiger partial charge in [0, 0.05) is 53.6 Å². The number of ether oxygens (including phenoxy) is 1. The number of halogens is 2. The highest BCUT2D eigenvalue weighted by Gasteiger charge is 2.45. The summed E-state index contributed by atoms with van der Waals surface area (Å²) in [7, 11) is 0. The molecular formula is C34H36ClFN6O2. The van der Waals surface area contributed by atoms with Crippen LogP contribution < -0.4 is 9.64 Å². The Bertz CT molecular complexity index is 1750. The van der Waals surface area contributed by atoms with Gasteiger partial charge in [-0.3, -0.25) is 4.79 Å². The summed E-state index contributed by atoms with van der Waals surface area (Å²) in [5, 5.41) is 2.67. The molecule has 1 saturated carbocycles. The van der Waals surface area contributed by atoms with Gasteiger partial charge in [-0.05, 0) is 69.3 Å². The van der Waals surface area contributed by atoms with Gasteiger partial charge in [0.15, 0.2) is 5.65 Å². The molecule has 3 fully saturated rings. The molecule has 4 heterocycles. The van der Waals surface area contributed by atoms with Gasteiger partial charge in [0.1, 0.15) is 17.3 Å². The van der Waals surface area contributed by atoms with E-state index in [-0.39, 0.29) is 29.1 Å². The van der Waals surface area contributed by atoms with Crippen LogP contribution in [0.2, 0.25) is 5.02 Å². The Kier molecular flexibility index (Phi) is 7.62. The number of nitrogens with zero attached hydrogens (tertiary/aromatic N) is 6. The monoisotopic (exact) mass is 614 g/mol. The molecule has 2 saturated heterocycles. The van der Waals surface area contributed by atoms with Crippen LogP contribution in [0.25, 0.3) is 33.1 Å². The van der Waals surface area contributed by atoms with E-state index in [4.69, 9.17) is 31.3 Å². The van der Waals surface area contributed by atoms with Crippen molar-refractivity contribution in [2.75, 3.05) is 50.8 Å². The van der Waals surface area contributed by atoms with E-state index in [1.165, 1.54) is 25.0 Å². The number of anilines is 1. The molecule has 4 aromatic rings. The first-order valence-electron chi connectivity index (χ1n) is 15.4. The van der Waals surface area contributed by atoms with Crippen LogP contribution in [0, 0.1) is 11.2 Å². The molecule has 3 aliphatic rings. The number of benzene rings is 2. The Labute approximate surface area is 261 Å². The molecule has 1 atom stereocenters. The molecule has 7 rings (SSSR count). The van der Waals surface area contributed by atoms with Gasteiger partial charge in [0.2, 0.25) is 5.91 Å². The van der Waals surface area contributed by atoms with Gasteiger partial charge in [-0.2, -0.15) is 9.97 Å². The largest absolute Gasteiger partial charge is 0.463 e. The SMILES string of the molecule is C=CC(=O)N1CCN(c2nc(OCC3(CN4CCCC4)CC3)nc3nc(-c4cccc5cccc(Cl)c45)c(F)cc23)[C@H](C)C1. The number of carbonyl (C=O) groups is 1. The number of amides is 1. The molecule has 0 radical (unpaired) electrons. The first kappa shape index (κ1) is 28.9. The maximum Gasteiger partial charge on any atom is 0.320 e. The molecule has 8 nitrogen and oxygen atoms in total. The van der Waals surface area contributed by atoms with Crippen molar-refractivity contribution < 1.29 is 13.9 Å². The maximum atomic E-state index is 16.1. The number of pyridine rings is 1. The van der Waals surface area contributed by atoms with E-state index >= 15 is 4.39 Å². The lowest BCUT2D eigenvalue weighted by molar-refractivity contribution is -0.126. The number of fused-ring (bicyclic) bond motifs is 2. The minimum Gasteiger partial charge on any atom is -0.463 e. The minimum absolute atomic E-state index is 0.0804. The zero-order chi connectivity index (χ0) is 30.4. The number of hydrogen-bond acceptors (Lipinski definition) is 7. The second-order valence-corrected chi connectivity index (χ2v) is 12.9. The zero-order valence-electron chi connectivity index (χ0n) is 24.9. The molecule has 2 aromatic carbocycles. The van der Waals surface area contributed by atoms with Crippen LogP contribution in [-0.2, 0) is 4.79 Å². The highest BCUT2D eigenvalue weighted by molar-refractivity contribution is 6.36. The normalized spacial score (nSPS) is 19.9. The number of carbonyl (C=O) groups excluding carboxylic acids is 1. The van der Waals surface area contributed by atoms with Gasteiger partial charge < -0.3 is 19.4 Å². The topological polar surface area (TPSA) is 74.7 Å². The third-order valence-electron chi connectivity index (χ3n) is 9.32. The zero-order valence-corrected chi connectivity index (χ0v) is 25.7. The van der Waals surface area contributed by atoms with Crippen molar-refractivity contribution in [1.29, 1.82) is 0 Å². The van der Waals surface area contributed by atoms with Gasteiger partial charge in [-0.25, -0.2) is 9.37 Å². The molecule has 1 amide bonds. The van der Waals surface area contributed by atoms with Crippen LogP contribution in [0.3, 0.4) is 0 Å². The predicted octanol–water partition coefficient (Wildman–Crippen LogP) is 6.12. The van der Waals surface area contributed by atoms with E-state index in [0.717, 1.165) is 43.2 Å². The van der Waals surface area contributed by atoms with Gasteiger partial charge in [0.25, 0.3) is 0 Å². The lowest BCUT2D eigenvalue weighted by Gasteiger charge is -2.40. The van der Waals surface area contributed by atoms with E-state index in [0.29, 0.717) is 53.7 Å². The first-order valence-corrected chi connectivity index (χ1v) is 15.8. The Morgan fingerprint density at radius 1 is 1.11 bits per heavy atom. The standard InChI is InChI=1S/C34H36ClFN6O2/c1-3-28(43)41-16-17-42(22(2)19-41)32-25-18-27(36)30(24-10-6-8-23-9-7-11-26(35)29(23)24)37-31(25)38-33(39-32)44-21-34(12-13-34)20-40-14-4-5-15-40/h3,6-11,18,22H,1,4-5,12-17,19-21H2,2H3/t22-/m1/s1. The summed E-state index contributed by atoms with van der Waals surface area (Å²) in [4.78, 5) is 33.1. The van der Waals surface area contributed by atoms with Crippen molar-refractivity contribution in [2.45, 2.75) is 38.6 Å². The van der Waals surface area contributed by atoms with Crippen LogP contribution in [-0.4, -0.2) is 82.6 Å². The number of aromatic nitrogens is 3. The average molecular weight is 615 g/mol. The summed E-state index contributed by atoms with van der Waals surface area (Å²) in [6, 6.07) is 12.9. The molecule has 0 spiro atoms. The quantitative estimate of drug-likeness (QED) is 0.222. The predicted molar refractivity (Wildman–Crippen MR) is 172 cm³/mol. The summed E-state index contributed by atoms with van der Waals surface area (Å²) in [5.74, 6) is -0.0347. The molecule has 44 heavy (non-hydrogen) atoms. The smallest absolute Gasteiger partial charge is 0.320 e. The van der Waals surface area contributed by atoms with E-state index in [1.54, 1.807) is 11.0 Å². The molecule has 0 unspecified atom stereocenters. The highest BCUT2D eigenvalue weighted by Crippen LogP contribution is 2.47. The number of likely N-dealkylation sites (tertiary alicyclic amines) is 1. The molecule has 228 valence electrons. The Hall–Kier alpha value is -3.82. The molecule has 0 bridgehead atoms. The molecule has 10 heteroatoms. The number of rotatable bonds is 8. The van der Waals surface area contributed by atoms with Gasteiger partial charge in [-0.1, -0.05) is 48.5 Å². The average Bonchev–Trinajstić information content (AvgIpc) is 3.60. The van der Waals surface area contributed by atoms with Gasteiger partial charge in [0.05, 0.1) is 12.0 Å². The number of piperazine rings is 1. The third-order valence-corrected chi connectivity index (χ3v) is 9.63. The fourth-order valence-electron chi connectivity index (χ4n) is 6.72. The molecule has 2 aromatic heterocycles. The Balaban J connectivity index is 1.29. The summed E-state index contributed by atoms with van der Waals surface area (Å²) >= 11 is 6.61. The van der Waals surface area contributed by atoms with Crippen LogP contribution >= 0.6 is 11.6 Å². The second kappa shape index (κ2) is 11.6. The lowest BCUT2D eigenvalue weighted by atomic mass is 10.0. The van der Waals surface area contributed by atoms with Crippen molar-refractivity contribution in [3.05, 3.63) is 66.0 Å². The summed E-state index contributed by atoms with van der Waals surface area (Å²) in [6.45, 7) is 11.0. The number of hydrogen-bond donors (Lipinski definition) is 0. The maximum absolute atomic E-state index is 16.1. The molecule has 0 N–H and O–H groups in total. The van der Waals surface area contributed by atoms with Crippen molar-refractivity contribution in [1.82, 2.24) is 24.8 Å². The van der Waals surface area contributed by atoms with E-state index < -0.39 is 5.82 Å². The fraction of sp³-hybridized carbons (Fsp3) is 0.412. The molecule has 2 aliphatic heterocycles. The van der Waals surface area contributed by atoms with Gasteiger partial charge >= 0.3 is 6.01 Å². The molecular weight excluding hydrogens is 579 g/mol.